The molecule has 8 unspecified atom stereocenters. The molecule has 6 aliphatic rings. The zero-order chi connectivity index (χ0) is 23.0. The fraction of sp³-hybridized carbons (Fsp3) is 0.867. The first kappa shape index (κ1) is 23.1. The lowest BCUT2D eigenvalue weighted by atomic mass is 9.57. The molecule has 2 nitrogen and oxygen atoms in total. The molecule has 1 spiro atoms. The molecular weight excluding hydrogens is 426 g/mol. The van der Waals surface area contributed by atoms with E-state index in [-0.39, 0.29) is 5.60 Å². The summed E-state index contributed by atoms with van der Waals surface area (Å²) >= 11 is 6.24. The number of ether oxygens (including phenoxy) is 1. The van der Waals surface area contributed by atoms with Crippen molar-refractivity contribution in [2.24, 2.45) is 35.0 Å². The van der Waals surface area contributed by atoms with E-state index in [1.807, 2.05) is 11.1 Å². The van der Waals surface area contributed by atoms with Crippen LogP contribution in [0.4, 0.5) is 0 Å². The van der Waals surface area contributed by atoms with Gasteiger partial charge in [0.1, 0.15) is 0 Å². The van der Waals surface area contributed by atoms with Crippen molar-refractivity contribution < 1.29 is 4.74 Å². The van der Waals surface area contributed by atoms with Crippen molar-refractivity contribution in [2.75, 3.05) is 19.0 Å². The molecule has 4 aliphatic carbocycles. The molecule has 0 radical (unpaired) electrons. The average molecular weight is 472 g/mol. The van der Waals surface area contributed by atoms with Crippen LogP contribution in [-0.4, -0.2) is 41.6 Å². The van der Waals surface area contributed by atoms with Crippen LogP contribution in [0.15, 0.2) is 22.8 Å². The summed E-state index contributed by atoms with van der Waals surface area (Å²) in [5, 5.41) is 0. The highest BCUT2D eigenvalue weighted by atomic mass is 35.5. The normalized spacial score (nSPS) is 49.8. The Kier molecular flexibility index (Phi) is 5.87. The number of hydrogen-bond donors (Lipinski definition) is 0. The van der Waals surface area contributed by atoms with E-state index >= 15 is 0 Å². The Morgan fingerprint density at radius 2 is 2.06 bits per heavy atom. The van der Waals surface area contributed by atoms with Gasteiger partial charge in [-0.05, 0) is 93.8 Å². The van der Waals surface area contributed by atoms with Gasteiger partial charge in [-0.25, -0.2) is 0 Å². The van der Waals surface area contributed by atoms with Crippen LogP contribution in [0.25, 0.3) is 0 Å². The lowest BCUT2D eigenvalue weighted by Gasteiger charge is -2.48. The summed E-state index contributed by atoms with van der Waals surface area (Å²) in [4.78, 5) is 2.69. The van der Waals surface area contributed by atoms with E-state index in [2.05, 4.69) is 38.7 Å². The Morgan fingerprint density at radius 1 is 1.21 bits per heavy atom. The van der Waals surface area contributed by atoms with Gasteiger partial charge in [0, 0.05) is 30.9 Å². The van der Waals surface area contributed by atoms with E-state index in [0.29, 0.717) is 29.4 Å². The van der Waals surface area contributed by atoms with Crippen molar-refractivity contribution in [3.8, 4) is 0 Å². The molecule has 0 bridgehead atoms. The van der Waals surface area contributed by atoms with Crippen molar-refractivity contribution in [3.63, 3.8) is 0 Å². The summed E-state index contributed by atoms with van der Waals surface area (Å²) in [7, 11) is 0. The van der Waals surface area contributed by atoms with Crippen molar-refractivity contribution in [2.45, 2.75) is 110 Å². The molecule has 0 N–H and O–H groups in total. The van der Waals surface area contributed by atoms with Crippen LogP contribution in [0.3, 0.4) is 0 Å². The lowest BCUT2D eigenvalue weighted by Crippen LogP contribution is -2.52. The van der Waals surface area contributed by atoms with E-state index < -0.39 is 0 Å². The predicted molar refractivity (Wildman–Crippen MR) is 138 cm³/mol. The summed E-state index contributed by atoms with van der Waals surface area (Å²) in [6.07, 6.45) is 16.5. The van der Waals surface area contributed by atoms with Crippen LogP contribution in [0.5, 0.6) is 0 Å². The number of likely N-dealkylation sites (tertiary alicyclic amines) is 1. The third-order valence-corrected chi connectivity index (χ3v) is 11.7. The van der Waals surface area contributed by atoms with E-state index in [4.69, 9.17) is 16.3 Å². The van der Waals surface area contributed by atoms with Gasteiger partial charge in [-0.2, -0.15) is 0 Å². The maximum Gasteiger partial charge on any atom is 0.0765 e. The maximum atomic E-state index is 7.18. The molecule has 0 aromatic rings. The number of halogens is 1. The van der Waals surface area contributed by atoms with Crippen LogP contribution in [-0.2, 0) is 4.74 Å². The number of allylic oxidation sites excluding steroid dienone is 3. The number of alkyl halides is 1. The molecular formula is C30H46ClNO. The quantitative estimate of drug-likeness (QED) is 0.308. The molecule has 2 saturated heterocycles. The van der Waals surface area contributed by atoms with Gasteiger partial charge in [-0.3, -0.25) is 4.90 Å². The first-order chi connectivity index (χ1) is 15.9. The van der Waals surface area contributed by atoms with E-state index in [1.165, 1.54) is 70.8 Å². The smallest absolute Gasteiger partial charge is 0.0765 e. The van der Waals surface area contributed by atoms with Gasteiger partial charge in [-0.15, -0.1) is 11.6 Å². The van der Waals surface area contributed by atoms with Crippen molar-refractivity contribution >= 4 is 11.6 Å². The van der Waals surface area contributed by atoms with Gasteiger partial charge in [0.25, 0.3) is 0 Å². The van der Waals surface area contributed by atoms with Gasteiger partial charge in [-0.1, -0.05) is 50.0 Å². The largest absolute Gasteiger partial charge is 0.369 e. The fourth-order valence-corrected chi connectivity index (χ4v) is 10.2. The summed E-state index contributed by atoms with van der Waals surface area (Å²) in [5.41, 5.74) is 5.93. The molecule has 33 heavy (non-hydrogen) atoms. The molecule has 0 aromatic carbocycles. The molecule has 2 saturated carbocycles. The fourth-order valence-electron chi connectivity index (χ4n) is 10.0. The zero-order valence-electron chi connectivity index (χ0n) is 21.5. The highest BCUT2D eigenvalue weighted by Crippen LogP contribution is 2.63. The lowest BCUT2D eigenvalue weighted by molar-refractivity contribution is -0.0788. The molecule has 9 atom stereocenters. The first-order valence-corrected chi connectivity index (χ1v) is 14.8. The number of fused-ring (bicyclic) bond motifs is 6. The minimum atomic E-state index is 0.0469. The van der Waals surface area contributed by atoms with Crippen molar-refractivity contribution in [1.29, 1.82) is 0 Å². The van der Waals surface area contributed by atoms with Gasteiger partial charge in [0.05, 0.1) is 11.7 Å². The summed E-state index contributed by atoms with van der Waals surface area (Å²) in [6, 6.07) is 0.560. The second-order valence-electron chi connectivity index (χ2n) is 13.2. The molecule has 3 heteroatoms. The van der Waals surface area contributed by atoms with E-state index in [0.717, 1.165) is 30.2 Å². The van der Waals surface area contributed by atoms with Crippen molar-refractivity contribution in [1.82, 2.24) is 4.90 Å². The molecule has 6 rings (SSSR count). The van der Waals surface area contributed by atoms with Crippen LogP contribution in [0, 0.1) is 35.0 Å². The SMILES string of the molecule is CC1=C2CC3C(CC=C4CCCCC43C)C2CCC2(C1)OC1CC(C)CN(CCCl)C1[C@H]2C. The Labute approximate surface area is 207 Å². The third kappa shape index (κ3) is 3.47. The van der Waals surface area contributed by atoms with Gasteiger partial charge in [0.2, 0.25) is 0 Å². The highest BCUT2D eigenvalue weighted by molar-refractivity contribution is 6.18. The van der Waals surface area contributed by atoms with Crippen LogP contribution in [0.2, 0.25) is 0 Å². The van der Waals surface area contributed by atoms with Crippen LogP contribution >= 0.6 is 11.6 Å². The molecule has 0 aromatic heterocycles. The summed E-state index contributed by atoms with van der Waals surface area (Å²) in [6.45, 7) is 12.2. The van der Waals surface area contributed by atoms with E-state index in [1.54, 1.807) is 5.57 Å². The molecule has 2 heterocycles. The Morgan fingerprint density at radius 3 is 2.88 bits per heavy atom. The number of rotatable bonds is 2. The van der Waals surface area contributed by atoms with Crippen molar-refractivity contribution in [3.05, 3.63) is 22.8 Å². The minimum Gasteiger partial charge on any atom is -0.369 e. The Hall–Kier alpha value is -0.310. The highest BCUT2D eigenvalue weighted by Gasteiger charge is 2.59. The topological polar surface area (TPSA) is 12.5 Å². The summed E-state index contributed by atoms with van der Waals surface area (Å²) in [5.74, 6) is 4.62. The molecule has 0 amide bonds. The van der Waals surface area contributed by atoms with Gasteiger partial charge in [0.15, 0.2) is 0 Å². The number of hydrogen-bond acceptors (Lipinski definition) is 2. The van der Waals surface area contributed by atoms with Gasteiger partial charge >= 0.3 is 0 Å². The third-order valence-electron chi connectivity index (χ3n) is 11.6. The molecule has 184 valence electrons. The standard InChI is InChI=1S/C30H46ClNO/c1-19-15-27-28(32(18-19)14-13-31)21(3)30(33-27)12-10-23-24-9-8-22-7-5-6-11-29(22,4)26(24)16-25(23)20(2)17-30/h8,19,21,23-24,26-28H,5-7,9-18H2,1-4H3/t19?,21-,23?,24?,26?,27?,28?,29?,30?/m1/s1. The average Bonchev–Trinajstić information content (AvgIpc) is 3.24. The minimum absolute atomic E-state index is 0.0469. The Bertz CT molecular complexity index is 848. The monoisotopic (exact) mass is 471 g/mol. The second-order valence-corrected chi connectivity index (χ2v) is 13.6. The van der Waals surface area contributed by atoms with Gasteiger partial charge < -0.3 is 4.74 Å². The van der Waals surface area contributed by atoms with Crippen LogP contribution in [0.1, 0.15) is 91.9 Å². The maximum absolute atomic E-state index is 7.18. The molecule has 2 aliphatic heterocycles. The van der Waals surface area contributed by atoms with E-state index in [9.17, 15) is 0 Å². The number of piperidine rings is 1. The summed E-state index contributed by atoms with van der Waals surface area (Å²) < 4.78 is 7.18. The van der Waals surface area contributed by atoms with Crippen LogP contribution < -0.4 is 0 Å². The molecule has 4 fully saturated rings. The Balaban J connectivity index is 1.28. The second kappa shape index (κ2) is 8.38. The first-order valence-electron chi connectivity index (χ1n) is 14.2. The number of nitrogens with zero attached hydrogens (tertiary/aromatic N) is 1. The predicted octanol–water partition coefficient (Wildman–Crippen LogP) is 7.37. The zero-order valence-corrected chi connectivity index (χ0v) is 22.3.